The van der Waals surface area contributed by atoms with Crippen molar-refractivity contribution in [1.82, 2.24) is 5.32 Å². The Kier molecular flexibility index (Phi) is 5.00. The van der Waals surface area contributed by atoms with Gasteiger partial charge >= 0.3 is 0 Å². The highest BCUT2D eigenvalue weighted by Gasteiger charge is 2.23. The van der Waals surface area contributed by atoms with Crippen molar-refractivity contribution in [2.75, 3.05) is 0 Å². The molecule has 2 rings (SSSR count). The number of aliphatic hydroxyl groups excluding tert-OH is 1. The van der Waals surface area contributed by atoms with Crippen LogP contribution in [0.4, 0.5) is 0 Å². The summed E-state index contributed by atoms with van der Waals surface area (Å²) in [6.07, 6.45) is 4.54. The minimum Gasteiger partial charge on any atom is -0.391 e. The van der Waals surface area contributed by atoms with Crippen molar-refractivity contribution < 1.29 is 9.90 Å². The van der Waals surface area contributed by atoms with Crippen LogP contribution in [0.2, 0.25) is 0 Å². The van der Waals surface area contributed by atoms with E-state index >= 15 is 0 Å². The summed E-state index contributed by atoms with van der Waals surface area (Å²) in [4.78, 5) is 12.1. The van der Waals surface area contributed by atoms with Gasteiger partial charge in [0, 0.05) is 9.13 Å². The van der Waals surface area contributed by atoms with Crippen molar-refractivity contribution in [3.63, 3.8) is 0 Å². The Morgan fingerprint density at radius 3 is 2.56 bits per heavy atom. The van der Waals surface area contributed by atoms with Crippen molar-refractivity contribution in [3.8, 4) is 0 Å². The van der Waals surface area contributed by atoms with Crippen LogP contribution >= 0.6 is 22.6 Å². The fourth-order valence-corrected chi connectivity index (χ4v) is 2.67. The first-order valence-electron chi connectivity index (χ1n) is 6.41. The molecule has 0 saturated heterocycles. The molecule has 4 heteroatoms. The number of nitrogens with one attached hydrogen (secondary N) is 1. The van der Waals surface area contributed by atoms with Crippen molar-refractivity contribution >= 4 is 28.5 Å². The average molecular weight is 359 g/mol. The summed E-state index contributed by atoms with van der Waals surface area (Å²) in [5, 5.41) is 12.9. The third kappa shape index (κ3) is 3.68. The van der Waals surface area contributed by atoms with Gasteiger partial charge in [-0.15, -0.1) is 0 Å². The van der Waals surface area contributed by atoms with Gasteiger partial charge in [0.25, 0.3) is 5.91 Å². The molecule has 1 aliphatic carbocycles. The first-order chi connectivity index (χ1) is 8.66. The van der Waals surface area contributed by atoms with Gasteiger partial charge in [-0.05, 0) is 59.7 Å². The SMILES string of the molecule is O=C(NC1CCCCCC1O)c1ccc(I)cc1. The Hall–Kier alpha value is -0.620. The van der Waals surface area contributed by atoms with E-state index in [4.69, 9.17) is 0 Å². The molecule has 1 aromatic rings. The van der Waals surface area contributed by atoms with Gasteiger partial charge in [0.1, 0.15) is 0 Å². The number of rotatable bonds is 2. The minimum absolute atomic E-state index is 0.0858. The molecule has 0 aliphatic heterocycles. The predicted molar refractivity (Wildman–Crippen MR) is 79.5 cm³/mol. The molecule has 1 aliphatic rings. The third-order valence-electron chi connectivity index (χ3n) is 3.40. The maximum atomic E-state index is 12.1. The number of hydrogen-bond donors (Lipinski definition) is 2. The highest BCUT2D eigenvalue weighted by atomic mass is 127. The zero-order valence-electron chi connectivity index (χ0n) is 10.2. The molecule has 1 amide bonds. The molecule has 0 radical (unpaired) electrons. The van der Waals surface area contributed by atoms with Gasteiger partial charge in [0.2, 0.25) is 0 Å². The van der Waals surface area contributed by atoms with Crippen molar-refractivity contribution in [2.24, 2.45) is 0 Å². The number of amides is 1. The fraction of sp³-hybridized carbons (Fsp3) is 0.500. The zero-order chi connectivity index (χ0) is 13.0. The monoisotopic (exact) mass is 359 g/mol. The molecule has 3 nitrogen and oxygen atoms in total. The molecule has 1 fully saturated rings. The number of carbonyl (C=O) groups is 1. The van der Waals surface area contributed by atoms with E-state index in [9.17, 15) is 9.90 Å². The average Bonchev–Trinajstić information content (AvgIpc) is 2.56. The van der Waals surface area contributed by atoms with Crippen LogP contribution in [0.15, 0.2) is 24.3 Å². The molecule has 0 spiro atoms. The molecule has 0 heterocycles. The quantitative estimate of drug-likeness (QED) is 0.630. The molecule has 0 bridgehead atoms. The zero-order valence-corrected chi connectivity index (χ0v) is 12.4. The summed E-state index contributed by atoms with van der Waals surface area (Å²) < 4.78 is 1.11. The number of carbonyl (C=O) groups excluding carboxylic acids is 1. The van der Waals surface area contributed by atoms with Crippen LogP contribution in [-0.4, -0.2) is 23.2 Å². The van der Waals surface area contributed by atoms with Crippen LogP contribution in [0.5, 0.6) is 0 Å². The predicted octanol–water partition coefficient (Wildman–Crippen LogP) is 2.71. The Balaban J connectivity index is 1.99. The maximum absolute atomic E-state index is 12.1. The third-order valence-corrected chi connectivity index (χ3v) is 4.12. The standard InChI is InChI=1S/C14H18INO2/c15-11-8-6-10(7-9-11)14(18)16-12-4-2-1-3-5-13(12)17/h6-9,12-13,17H,1-5H2,(H,16,18). The number of benzene rings is 1. The van der Waals surface area contributed by atoms with Gasteiger partial charge in [-0.2, -0.15) is 0 Å². The van der Waals surface area contributed by atoms with Gasteiger partial charge < -0.3 is 10.4 Å². The molecule has 18 heavy (non-hydrogen) atoms. The van der Waals surface area contributed by atoms with Crippen LogP contribution in [0.3, 0.4) is 0 Å². The van der Waals surface area contributed by atoms with Crippen LogP contribution < -0.4 is 5.32 Å². The first kappa shape index (κ1) is 13.8. The highest BCUT2D eigenvalue weighted by Crippen LogP contribution is 2.18. The van der Waals surface area contributed by atoms with Crippen LogP contribution in [0.25, 0.3) is 0 Å². The van der Waals surface area contributed by atoms with Gasteiger partial charge in [0.05, 0.1) is 12.1 Å². The van der Waals surface area contributed by atoms with E-state index in [2.05, 4.69) is 27.9 Å². The second kappa shape index (κ2) is 6.52. The number of aliphatic hydroxyl groups is 1. The summed E-state index contributed by atoms with van der Waals surface area (Å²) in [5.74, 6) is -0.0858. The lowest BCUT2D eigenvalue weighted by atomic mass is 10.1. The van der Waals surface area contributed by atoms with E-state index in [1.165, 1.54) is 0 Å². The smallest absolute Gasteiger partial charge is 0.251 e. The van der Waals surface area contributed by atoms with E-state index < -0.39 is 6.10 Å². The van der Waals surface area contributed by atoms with Crippen LogP contribution in [-0.2, 0) is 0 Å². The lowest BCUT2D eigenvalue weighted by molar-refractivity contribution is 0.0819. The van der Waals surface area contributed by atoms with Crippen LogP contribution in [0.1, 0.15) is 42.5 Å². The summed E-state index contributed by atoms with van der Waals surface area (Å²) in [6, 6.07) is 7.37. The Labute approximate surface area is 121 Å². The topological polar surface area (TPSA) is 49.3 Å². The molecule has 2 atom stereocenters. The number of hydrogen-bond acceptors (Lipinski definition) is 2. The second-order valence-corrected chi connectivity index (χ2v) is 6.04. The summed E-state index contributed by atoms with van der Waals surface area (Å²) in [7, 11) is 0. The second-order valence-electron chi connectivity index (χ2n) is 4.79. The molecule has 98 valence electrons. The normalized spacial score (nSPS) is 24.3. The molecular weight excluding hydrogens is 341 g/mol. The van der Waals surface area contributed by atoms with Crippen molar-refractivity contribution in [1.29, 1.82) is 0 Å². The Morgan fingerprint density at radius 2 is 1.83 bits per heavy atom. The minimum atomic E-state index is -0.403. The largest absolute Gasteiger partial charge is 0.391 e. The van der Waals surface area contributed by atoms with E-state index in [0.29, 0.717) is 5.56 Å². The highest BCUT2D eigenvalue weighted by molar-refractivity contribution is 14.1. The van der Waals surface area contributed by atoms with Gasteiger partial charge in [-0.1, -0.05) is 19.3 Å². The van der Waals surface area contributed by atoms with Crippen molar-refractivity contribution in [2.45, 2.75) is 44.2 Å². The summed E-state index contributed by atoms with van der Waals surface area (Å²) in [6.45, 7) is 0. The van der Waals surface area contributed by atoms with Crippen molar-refractivity contribution in [3.05, 3.63) is 33.4 Å². The Bertz CT molecular complexity index is 405. The first-order valence-corrected chi connectivity index (χ1v) is 7.49. The van der Waals surface area contributed by atoms with E-state index in [0.717, 1.165) is 35.7 Å². The number of halogens is 1. The van der Waals surface area contributed by atoms with E-state index in [1.54, 1.807) is 0 Å². The summed E-state index contributed by atoms with van der Waals surface area (Å²) in [5.41, 5.74) is 0.659. The molecule has 0 aromatic heterocycles. The van der Waals surface area contributed by atoms with Crippen LogP contribution in [0, 0.1) is 3.57 Å². The fourth-order valence-electron chi connectivity index (χ4n) is 2.31. The molecule has 2 unspecified atom stereocenters. The summed E-state index contributed by atoms with van der Waals surface area (Å²) >= 11 is 2.21. The molecule has 1 saturated carbocycles. The van der Waals surface area contributed by atoms with Gasteiger partial charge in [0.15, 0.2) is 0 Å². The maximum Gasteiger partial charge on any atom is 0.251 e. The molecular formula is C14H18INO2. The molecule has 2 N–H and O–H groups in total. The van der Waals surface area contributed by atoms with E-state index in [-0.39, 0.29) is 11.9 Å². The molecule has 1 aromatic carbocycles. The lowest BCUT2D eigenvalue weighted by Gasteiger charge is -2.21. The van der Waals surface area contributed by atoms with E-state index in [1.807, 2.05) is 24.3 Å². The Morgan fingerprint density at radius 1 is 1.17 bits per heavy atom. The lowest BCUT2D eigenvalue weighted by Crippen LogP contribution is -2.42. The van der Waals surface area contributed by atoms with Gasteiger partial charge in [-0.3, -0.25) is 4.79 Å². The van der Waals surface area contributed by atoms with Gasteiger partial charge in [-0.25, -0.2) is 0 Å².